The van der Waals surface area contributed by atoms with Gasteiger partial charge in [0.1, 0.15) is 0 Å². The molecule has 0 fully saturated rings. The lowest BCUT2D eigenvalue weighted by Gasteiger charge is -2.21. The van der Waals surface area contributed by atoms with Crippen LogP contribution in [0.4, 0.5) is 13.2 Å². The quantitative estimate of drug-likeness (QED) is 0.195. The molecule has 1 aromatic heterocycles. The molecule has 0 saturated heterocycles. The summed E-state index contributed by atoms with van der Waals surface area (Å²) in [5.41, 5.74) is 6.24. The topological polar surface area (TPSA) is 59.4 Å². The molecule has 7 heteroatoms. The van der Waals surface area contributed by atoms with Gasteiger partial charge in [0.2, 0.25) is 0 Å². The fourth-order valence-electron chi connectivity index (χ4n) is 4.68. The maximum absolute atomic E-state index is 12.8. The fourth-order valence-corrected chi connectivity index (χ4v) is 4.68. The number of benzene rings is 2. The van der Waals surface area contributed by atoms with Crippen molar-refractivity contribution in [2.45, 2.75) is 83.4 Å². The lowest BCUT2D eigenvalue weighted by molar-refractivity contribution is -0.214. The molecule has 2 atom stereocenters. The molecule has 0 saturated carbocycles. The van der Waals surface area contributed by atoms with Crippen molar-refractivity contribution in [3.05, 3.63) is 78.1 Å². The van der Waals surface area contributed by atoms with Crippen LogP contribution in [-0.2, 0) is 16.0 Å². The average molecular weight is 542 g/mol. The molecule has 1 heterocycles. The van der Waals surface area contributed by atoms with E-state index in [0.717, 1.165) is 59.7 Å². The highest BCUT2D eigenvalue weighted by molar-refractivity contribution is 5.83. The Morgan fingerprint density at radius 2 is 1.69 bits per heavy atom. The Morgan fingerprint density at radius 1 is 0.949 bits per heavy atom. The Kier molecular flexibility index (Phi) is 11.5. The summed E-state index contributed by atoms with van der Waals surface area (Å²) < 4.78 is 43.5. The van der Waals surface area contributed by atoms with Crippen molar-refractivity contribution in [1.82, 2.24) is 4.98 Å². The third kappa shape index (κ3) is 9.50. The first-order valence-electron chi connectivity index (χ1n) is 13.7. The van der Waals surface area contributed by atoms with Crippen LogP contribution in [0.1, 0.15) is 76.0 Å². The minimum Gasteiger partial charge on any atom is -0.481 e. The van der Waals surface area contributed by atoms with Crippen molar-refractivity contribution in [2.24, 2.45) is 0 Å². The molecular weight excluding hydrogens is 503 g/mol. The van der Waals surface area contributed by atoms with E-state index in [1.54, 1.807) is 0 Å². The second-order valence-electron chi connectivity index (χ2n) is 9.99. The molecular formula is C32H38F3NO3. The van der Waals surface area contributed by atoms with Gasteiger partial charge in [0.25, 0.3) is 0 Å². The van der Waals surface area contributed by atoms with Gasteiger partial charge in [0.05, 0.1) is 0 Å². The Bertz CT molecular complexity index is 1160. The lowest BCUT2D eigenvalue weighted by atomic mass is 9.85. The number of nitrogens with zero attached hydrogens (tertiary/aromatic N) is 1. The number of pyridine rings is 1. The molecule has 210 valence electrons. The second-order valence-corrected chi connectivity index (χ2v) is 9.99. The van der Waals surface area contributed by atoms with Crippen LogP contribution in [0.25, 0.3) is 22.3 Å². The summed E-state index contributed by atoms with van der Waals surface area (Å²) in [5, 5.41) is 9.15. The minimum atomic E-state index is -4.39. The number of halogens is 3. The van der Waals surface area contributed by atoms with Gasteiger partial charge in [0, 0.05) is 30.5 Å². The summed E-state index contributed by atoms with van der Waals surface area (Å²) in [6, 6.07) is 20.5. The van der Waals surface area contributed by atoms with Gasteiger partial charge in [-0.3, -0.25) is 9.78 Å². The van der Waals surface area contributed by atoms with Gasteiger partial charge >= 0.3 is 12.1 Å². The van der Waals surface area contributed by atoms with Crippen LogP contribution in [0.2, 0.25) is 0 Å². The number of unbranched alkanes of at least 4 members (excludes halogenated alkanes) is 1. The normalized spacial score (nSPS) is 13.3. The molecule has 2 aromatic carbocycles. The van der Waals surface area contributed by atoms with Crippen LogP contribution >= 0.6 is 0 Å². The first-order chi connectivity index (χ1) is 18.7. The highest BCUT2D eigenvalue weighted by atomic mass is 19.4. The number of alkyl halides is 3. The highest BCUT2D eigenvalue weighted by Crippen LogP contribution is 2.37. The number of carbonyl (C=O) groups is 1. The molecule has 0 amide bonds. The van der Waals surface area contributed by atoms with Gasteiger partial charge < -0.3 is 9.84 Å². The number of rotatable bonds is 15. The number of aliphatic carboxylic acids is 1. The summed E-state index contributed by atoms with van der Waals surface area (Å²) in [7, 11) is 0. The summed E-state index contributed by atoms with van der Waals surface area (Å²) in [5.74, 6) is -0.861. The number of carboxylic acids is 1. The molecule has 0 radical (unpaired) electrons. The van der Waals surface area contributed by atoms with E-state index in [9.17, 15) is 18.0 Å². The molecule has 4 nitrogen and oxygen atoms in total. The Balaban J connectivity index is 1.89. The molecule has 3 aromatic rings. The third-order valence-electron chi connectivity index (χ3n) is 6.99. The van der Waals surface area contributed by atoms with Crippen molar-refractivity contribution in [2.75, 3.05) is 6.61 Å². The zero-order valence-electron chi connectivity index (χ0n) is 22.7. The van der Waals surface area contributed by atoms with Crippen molar-refractivity contribution in [1.29, 1.82) is 0 Å². The van der Waals surface area contributed by atoms with Crippen LogP contribution in [0.15, 0.2) is 66.9 Å². The van der Waals surface area contributed by atoms with Crippen molar-refractivity contribution >= 4 is 5.97 Å². The van der Waals surface area contributed by atoms with Crippen molar-refractivity contribution in [3.8, 4) is 22.3 Å². The average Bonchev–Trinajstić information content (AvgIpc) is 2.93. The van der Waals surface area contributed by atoms with E-state index in [1.807, 2.05) is 24.4 Å². The molecule has 2 unspecified atom stereocenters. The zero-order valence-corrected chi connectivity index (χ0v) is 22.7. The van der Waals surface area contributed by atoms with E-state index in [-0.39, 0.29) is 18.9 Å². The number of hydrogen-bond donors (Lipinski definition) is 1. The zero-order chi connectivity index (χ0) is 28.3. The summed E-state index contributed by atoms with van der Waals surface area (Å²) in [6.07, 6.45) is 1.04. The molecule has 3 rings (SSSR count). The molecule has 0 spiro atoms. The Morgan fingerprint density at radius 3 is 2.33 bits per heavy atom. The number of aryl methyl sites for hydroxylation is 1. The number of aromatic nitrogens is 1. The van der Waals surface area contributed by atoms with Crippen molar-refractivity contribution < 1.29 is 27.8 Å². The van der Waals surface area contributed by atoms with Crippen LogP contribution in [0.3, 0.4) is 0 Å². The van der Waals surface area contributed by atoms with Gasteiger partial charge in [-0.05, 0) is 79.7 Å². The first kappa shape index (κ1) is 30.4. The van der Waals surface area contributed by atoms with E-state index in [0.29, 0.717) is 25.7 Å². The molecule has 0 aliphatic heterocycles. The van der Waals surface area contributed by atoms with Gasteiger partial charge in [-0.2, -0.15) is 13.2 Å². The fraction of sp³-hybridized carbons (Fsp3) is 0.438. The van der Waals surface area contributed by atoms with E-state index in [2.05, 4.69) is 49.4 Å². The van der Waals surface area contributed by atoms with Crippen LogP contribution in [0.5, 0.6) is 0 Å². The Labute approximate surface area is 229 Å². The standard InChI is InChI=1S/C32H38F3NO3/c1-3-4-14-28-18-16-27(22-36-28)30-21-26(17-19-29(30)25-10-6-5-7-11-25)24(12-8-15-31(37)38)13-9-20-39-23(2)32(33,34)35/h5-7,10-11,16-19,21-24H,3-4,8-9,12-15,20H2,1-2H3,(H,37,38). The molecule has 39 heavy (non-hydrogen) atoms. The Hall–Kier alpha value is -3.19. The molecule has 0 aliphatic rings. The van der Waals surface area contributed by atoms with Crippen LogP contribution in [0, 0.1) is 0 Å². The summed E-state index contributed by atoms with van der Waals surface area (Å²) >= 11 is 0. The van der Waals surface area contributed by atoms with E-state index >= 15 is 0 Å². The van der Waals surface area contributed by atoms with Gasteiger partial charge in [-0.1, -0.05) is 67.9 Å². The van der Waals surface area contributed by atoms with Gasteiger partial charge in [-0.25, -0.2) is 0 Å². The molecule has 1 N–H and O–H groups in total. The van der Waals surface area contributed by atoms with Gasteiger partial charge in [-0.15, -0.1) is 0 Å². The first-order valence-corrected chi connectivity index (χ1v) is 13.7. The maximum atomic E-state index is 12.8. The predicted octanol–water partition coefficient (Wildman–Crippen LogP) is 8.84. The highest BCUT2D eigenvalue weighted by Gasteiger charge is 2.36. The van der Waals surface area contributed by atoms with Crippen LogP contribution < -0.4 is 0 Å². The summed E-state index contributed by atoms with van der Waals surface area (Å²) in [4.78, 5) is 15.8. The second kappa shape index (κ2) is 14.8. The smallest absolute Gasteiger partial charge is 0.414 e. The number of ether oxygens (including phenoxy) is 1. The van der Waals surface area contributed by atoms with Gasteiger partial charge in [0.15, 0.2) is 6.10 Å². The lowest BCUT2D eigenvalue weighted by Crippen LogP contribution is -2.28. The third-order valence-corrected chi connectivity index (χ3v) is 6.99. The molecule has 0 aliphatic carbocycles. The minimum absolute atomic E-state index is 0.00509. The number of carboxylic acid groups (broad SMARTS) is 1. The summed E-state index contributed by atoms with van der Waals surface area (Å²) in [6.45, 7) is 3.16. The van der Waals surface area contributed by atoms with Crippen LogP contribution in [-0.4, -0.2) is 34.9 Å². The largest absolute Gasteiger partial charge is 0.481 e. The van der Waals surface area contributed by atoms with E-state index in [4.69, 9.17) is 14.8 Å². The monoisotopic (exact) mass is 541 g/mol. The molecule has 0 bridgehead atoms. The van der Waals surface area contributed by atoms with Crippen molar-refractivity contribution in [3.63, 3.8) is 0 Å². The number of hydrogen-bond acceptors (Lipinski definition) is 3. The van der Waals surface area contributed by atoms with E-state index in [1.165, 1.54) is 0 Å². The maximum Gasteiger partial charge on any atom is 0.414 e. The predicted molar refractivity (Wildman–Crippen MR) is 149 cm³/mol. The SMILES string of the molecule is CCCCc1ccc(-c2cc(C(CCCOC(C)C(F)(F)F)CCCC(=O)O)ccc2-c2ccccc2)cn1. The van der Waals surface area contributed by atoms with E-state index < -0.39 is 18.2 Å².